The first-order valence-corrected chi connectivity index (χ1v) is 11.6. The molecular formula is C25H19ClN2O3S2. The first kappa shape index (κ1) is 23.0. The van der Waals surface area contributed by atoms with Crippen molar-refractivity contribution in [1.82, 2.24) is 0 Å². The largest absolute Gasteiger partial charge is 0.484 e. The highest BCUT2D eigenvalue weighted by atomic mass is 35.5. The molecule has 166 valence electrons. The molecule has 1 heterocycles. The highest BCUT2D eigenvalue weighted by molar-refractivity contribution is 8.27. The molecule has 8 heteroatoms. The third-order valence-corrected chi connectivity index (χ3v) is 6.25. The molecule has 3 aromatic carbocycles. The average Bonchev–Trinajstić information content (AvgIpc) is 3.06. The van der Waals surface area contributed by atoms with Gasteiger partial charge in [-0.3, -0.25) is 14.5 Å². The fraction of sp³-hybridized carbons (Fsp3) is 0.0800. The third-order valence-electron chi connectivity index (χ3n) is 4.71. The van der Waals surface area contributed by atoms with Crippen LogP contribution in [0.1, 0.15) is 11.1 Å². The SMILES string of the molecule is Cc1cccc(NC(=O)COc2ccc(/C=C3\SC(=S)N(c4cccc(Cl)c4)C3=O)cc2)c1. The molecule has 0 radical (unpaired) electrons. The first-order valence-electron chi connectivity index (χ1n) is 10.0. The van der Waals surface area contributed by atoms with Gasteiger partial charge in [0.25, 0.3) is 11.8 Å². The smallest absolute Gasteiger partial charge is 0.270 e. The van der Waals surface area contributed by atoms with Gasteiger partial charge in [0, 0.05) is 10.7 Å². The van der Waals surface area contributed by atoms with Crippen LogP contribution in [0, 0.1) is 6.92 Å². The second kappa shape index (κ2) is 10.2. The summed E-state index contributed by atoms with van der Waals surface area (Å²) in [5.41, 5.74) is 3.25. The number of nitrogens with zero attached hydrogens (tertiary/aromatic N) is 1. The Balaban J connectivity index is 1.37. The number of rotatable bonds is 6. The molecule has 1 aliphatic rings. The summed E-state index contributed by atoms with van der Waals surface area (Å²) in [6.07, 6.45) is 1.78. The lowest BCUT2D eigenvalue weighted by Crippen LogP contribution is -2.27. The molecule has 0 aliphatic carbocycles. The second-order valence-electron chi connectivity index (χ2n) is 7.27. The predicted molar refractivity (Wildman–Crippen MR) is 139 cm³/mol. The fourth-order valence-electron chi connectivity index (χ4n) is 3.19. The number of nitrogens with one attached hydrogen (secondary N) is 1. The Labute approximate surface area is 206 Å². The Bertz CT molecular complexity index is 1260. The minimum Gasteiger partial charge on any atom is -0.484 e. The summed E-state index contributed by atoms with van der Waals surface area (Å²) >= 11 is 12.7. The van der Waals surface area contributed by atoms with Crippen LogP contribution < -0.4 is 15.0 Å². The van der Waals surface area contributed by atoms with E-state index in [1.807, 2.05) is 43.3 Å². The second-order valence-corrected chi connectivity index (χ2v) is 9.38. The lowest BCUT2D eigenvalue weighted by molar-refractivity contribution is -0.118. The molecule has 0 unspecified atom stereocenters. The van der Waals surface area contributed by atoms with Crippen molar-refractivity contribution >= 4 is 69.2 Å². The van der Waals surface area contributed by atoms with E-state index in [0.29, 0.717) is 25.7 Å². The summed E-state index contributed by atoms with van der Waals surface area (Å²) in [6.45, 7) is 1.86. The zero-order valence-corrected chi connectivity index (χ0v) is 20.0. The maximum atomic E-state index is 12.9. The number of amides is 2. The number of hydrogen-bond donors (Lipinski definition) is 1. The summed E-state index contributed by atoms with van der Waals surface area (Å²) < 4.78 is 6.03. The average molecular weight is 495 g/mol. The number of thiocarbonyl (C=S) groups is 1. The minimum atomic E-state index is -0.241. The maximum Gasteiger partial charge on any atom is 0.270 e. The molecule has 1 saturated heterocycles. The van der Waals surface area contributed by atoms with Crippen LogP contribution in [0.4, 0.5) is 11.4 Å². The van der Waals surface area contributed by atoms with Crippen LogP contribution in [-0.4, -0.2) is 22.7 Å². The predicted octanol–water partition coefficient (Wildman–Crippen LogP) is 6.07. The molecule has 1 N–H and O–H groups in total. The summed E-state index contributed by atoms with van der Waals surface area (Å²) in [6, 6.07) is 21.7. The van der Waals surface area contributed by atoms with E-state index < -0.39 is 0 Å². The van der Waals surface area contributed by atoms with E-state index in [1.165, 1.54) is 16.7 Å². The van der Waals surface area contributed by atoms with E-state index in [2.05, 4.69) is 5.32 Å². The van der Waals surface area contributed by atoms with Gasteiger partial charge in [-0.2, -0.15) is 0 Å². The molecule has 0 spiro atoms. The molecule has 0 atom stereocenters. The van der Waals surface area contributed by atoms with Crippen molar-refractivity contribution in [2.75, 3.05) is 16.8 Å². The standard InChI is InChI=1S/C25H19ClN2O3S2/c1-16-4-2-6-19(12-16)27-23(29)15-31-21-10-8-17(9-11-21)13-22-24(30)28(25(32)33-22)20-7-3-5-18(26)14-20/h2-14H,15H2,1H3,(H,27,29)/b22-13-. The molecule has 1 fully saturated rings. The topological polar surface area (TPSA) is 58.6 Å². The molecule has 0 saturated carbocycles. The van der Waals surface area contributed by atoms with Crippen LogP contribution in [0.5, 0.6) is 5.75 Å². The maximum absolute atomic E-state index is 12.9. The van der Waals surface area contributed by atoms with Gasteiger partial charge in [-0.25, -0.2) is 0 Å². The number of halogens is 1. The van der Waals surface area contributed by atoms with Gasteiger partial charge >= 0.3 is 0 Å². The minimum absolute atomic E-state index is 0.106. The fourth-order valence-corrected chi connectivity index (χ4v) is 4.67. The van der Waals surface area contributed by atoms with Crippen molar-refractivity contribution in [3.63, 3.8) is 0 Å². The highest BCUT2D eigenvalue weighted by Crippen LogP contribution is 2.36. The summed E-state index contributed by atoms with van der Waals surface area (Å²) in [4.78, 5) is 27.0. The lowest BCUT2D eigenvalue weighted by Gasteiger charge is -2.14. The van der Waals surface area contributed by atoms with E-state index in [0.717, 1.165) is 16.8 Å². The Morgan fingerprint density at radius 2 is 1.88 bits per heavy atom. The monoisotopic (exact) mass is 494 g/mol. The molecule has 0 bridgehead atoms. The van der Waals surface area contributed by atoms with E-state index in [4.69, 9.17) is 28.6 Å². The van der Waals surface area contributed by atoms with Gasteiger partial charge in [-0.1, -0.05) is 65.9 Å². The molecule has 3 aromatic rings. The normalized spacial score (nSPS) is 14.6. The number of aryl methyl sites for hydroxylation is 1. The summed E-state index contributed by atoms with van der Waals surface area (Å²) in [7, 11) is 0. The molecule has 0 aromatic heterocycles. The number of benzene rings is 3. The number of carbonyl (C=O) groups is 2. The molecule has 2 amide bonds. The number of carbonyl (C=O) groups excluding carboxylic acids is 2. The first-order chi connectivity index (χ1) is 15.9. The Hall–Kier alpha value is -3.13. The molecule has 4 rings (SSSR count). The quantitative estimate of drug-likeness (QED) is 0.333. The zero-order valence-electron chi connectivity index (χ0n) is 17.6. The van der Waals surface area contributed by atoms with Crippen molar-refractivity contribution in [3.8, 4) is 5.75 Å². The van der Waals surface area contributed by atoms with Gasteiger partial charge in [-0.15, -0.1) is 0 Å². The van der Waals surface area contributed by atoms with Crippen molar-refractivity contribution in [1.29, 1.82) is 0 Å². The third kappa shape index (κ3) is 5.82. The molecule has 1 aliphatic heterocycles. The molecular weight excluding hydrogens is 476 g/mol. The van der Waals surface area contributed by atoms with Gasteiger partial charge in [0.2, 0.25) is 0 Å². The highest BCUT2D eigenvalue weighted by Gasteiger charge is 2.33. The van der Waals surface area contributed by atoms with Gasteiger partial charge in [0.05, 0.1) is 10.6 Å². The van der Waals surface area contributed by atoms with Crippen molar-refractivity contribution in [2.24, 2.45) is 0 Å². The number of ether oxygens (including phenoxy) is 1. The van der Waals surface area contributed by atoms with Gasteiger partial charge in [-0.05, 0) is 66.6 Å². The van der Waals surface area contributed by atoms with E-state index in [1.54, 1.807) is 42.5 Å². The van der Waals surface area contributed by atoms with Crippen LogP contribution in [-0.2, 0) is 9.59 Å². The van der Waals surface area contributed by atoms with E-state index >= 15 is 0 Å². The van der Waals surface area contributed by atoms with Crippen LogP contribution in [0.2, 0.25) is 5.02 Å². The summed E-state index contributed by atoms with van der Waals surface area (Å²) in [5.74, 6) is 0.118. The van der Waals surface area contributed by atoms with Crippen LogP contribution in [0.15, 0.2) is 77.7 Å². The number of thioether (sulfide) groups is 1. The van der Waals surface area contributed by atoms with Crippen LogP contribution >= 0.6 is 35.6 Å². The molecule has 5 nitrogen and oxygen atoms in total. The Morgan fingerprint density at radius 3 is 2.61 bits per heavy atom. The van der Waals surface area contributed by atoms with Crippen molar-refractivity contribution in [2.45, 2.75) is 6.92 Å². The van der Waals surface area contributed by atoms with Gasteiger partial charge in [0.15, 0.2) is 10.9 Å². The van der Waals surface area contributed by atoms with E-state index in [-0.39, 0.29) is 18.4 Å². The van der Waals surface area contributed by atoms with E-state index in [9.17, 15) is 9.59 Å². The Kier molecular flexibility index (Phi) is 7.13. The van der Waals surface area contributed by atoms with Crippen LogP contribution in [0.3, 0.4) is 0 Å². The van der Waals surface area contributed by atoms with Crippen molar-refractivity contribution in [3.05, 3.63) is 93.9 Å². The van der Waals surface area contributed by atoms with Crippen molar-refractivity contribution < 1.29 is 14.3 Å². The van der Waals surface area contributed by atoms with Crippen LogP contribution in [0.25, 0.3) is 6.08 Å². The summed E-state index contributed by atoms with van der Waals surface area (Å²) in [5, 5.41) is 3.34. The molecule has 33 heavy (non-hydrogen) atoms. The lowest BCUT2D eigenvalue weighted by atomic mass is 10.2. The Morgan fingerprint density at radius 1 is 1.12 bits per heavy atom. The zero-order chi connectivity index (χ0) is 23.4. The number of anilines is 2. The van der Waals surface area contributed by atoms with Gasteiger partial charge < -0.3 is 10.1 Å². The van der Waals surface area contributed by atoms with Gasteiger partial charge in [0.1, 0.15) is 5.75 Å². The number of hydrogen-bond acceptors (Lipinski definition) is 5.